The van der Waals surface area contributed by atoms with E-state index in [9.17, 15) is 23.1 Å². The lowest BCUT2D eigenvalue weighted by molar-refractivity contribution is -0.137. The molecule has 0 saturated heterocycles. The van der Waals surface area contributed by atoms with Gasteiger partial charge in [-0.3, -0.25) is 4.90 Å². The number of fused-ring (bicyclic) bond motifs is 1. The molecule has 1 aliphatic heterocycles. The van der Waals surface area contributed by atoms with E-state index in [0.29, 0.717) is 16.8 Å². The van der Waals surface area contributed by atoms with Gasteiger partial charge in [0.25, 0.3) is 0 Å². The maximum atomic E-state index is 12.9. The van der Waals surface area contributed by atoms with E-state index in [0.717, 1.165) is 12.1 Å². The lowest BCUT2D eigenvalue weighted by Gasteiger charge is -2.16. The largest absolute Gasteiger partial charge is 0.508 e. The molecule has 4 nitrogen and oxygen atoms in total. The van der Waals surface area contributed by atoms with Crippen LogP contribution in [0.3, 0.4) is 0 Å². The van der Waals surface area contributed by atoms with Crippen molar-refractivity contribution in [2.45, 2.75) is 12.1 Å². The summed E-state index contributed by atoms with van der Waals surface area (Å²) in [5, 5.41) is 9.66. The topological polar surface area (TPSA) is 66.6 Å². The van der Waals surface area contributed by atoms with Gasteiger partial charge in [-0.1, -0.05) is 18.2 Å². The quantitative estimate of drug-likeness (QED) is 0.844. The summed E-state index contributed by atoms with van der Waals surface area (Å²) in [5.74, 6) is -0.501. The van der Waals surface area contributed by atoms with E-state index in [1.54, 1.807) is 6.07 Å². The first-order chi connectivity index (χ1) is 10.8. The summed E-state index contributed by atoms with van der Waals surface area (Å²) in [5.41, 5.74) is 6.06. The number of hydrogen-bond donors (Lipinski definition) is 2. The fraction of sp³-hybridized carbons (Fsp3) is 0.188. The Labute approximate surface area is 129 Å². The second kappa shape index (κ2) is 5.19. The van der Waals surface area contributed by atoms with Crippen molar-refractivity contribution in [1.82, 2.24) is 0 Å². The number of rotatable bonds is 1. The molecule has 0 radical (unpaired) electrons. The number of urea groups is 1. The monoisotopic (exact) mass is 322 g/mol. The Kier molecular flexibility index (Phi) is 3.43. The zero-order chi connectivity index (χ0) is 16.8. The van der Waals surface area contributed by atoms with Crippen molar-refractivity contribution in [2.75, 3.05) is 11.4 Å². The Hall–Kier alpha value is -2.70. The van der Waals surface area contributed by atoms with Gasteiger partial charge in [-0.15, -0.1) is 0 Å². The first-order valence-electron chi connectivity index (χ1n) is 6.84. The number of primary amides is 1. The van der Waals surface area contributed by atoms with Gasteiger partial charge >= 0.3 is 12.2 Å². The molecule has 2 aromatic rings. The van der Waals surface area contributed by atoms with Crippen molar-refractivity contribution < 1.29 is 23.1 Å². The number of amides is 2. The number of benzene rings is 2. The number of phenolic OH excluding ortho intramolecular Hbond substituents is 1. The van der Waals surface area contributed by atoms with Crippen LogP contribution in [-0.2, 0) is 6.18 Å². The van der Waals surface area contributed by atoms with Crippen LogP contribution in [0.1, 0.15) is 22.6 Å². The van der Waals surface area contributed by atoms with Crippen LogP contribution in [0.15, 0.2) is 42.5 Å². The number of anilines is 1. The highest BCUT2D eigenvalue weighted by Gasteiger charge is 2.35. The van der Waals surface area contributed by atoms with Gasteiger partial charge in [0.05, 0.1) is 5.56 Å². The van der Waals surface area contributed by atoms with Gasteiger partial charge in [0.2, 0.25) is 0 Å². The molecule has 2 aromatic carbocycles. The molecule has 0 saturated carbocycles. The van der Waals surface area contributed by atoms with Gasteiger partial charge in [0.15, 0.2) is 0 Å². The lowest BCUT2D eigenvalue weighted by Crippen LogP contribution is -2.34. The van der Waals surface area contributed by atoms with E-state index in [1.165, 1.54) is 29.2 Å². The summed E-state index contributed by atoms with van der Waals surface area (Å²) in [6.07, 6.45) is -4.44. The third-order valence-corrected chi connectivity index (χ3v) is 3.92. The van der Waals surface area contributed by atoms with Crippen molar-refractivity contribution in [3.63, 3.8) is 0 Å². The zero-order valence-electron chi connectivity index (χ0n) is 11.8. The molecule has 1 aliphatic rings. The van der Waals surface area contributed by atoms with Gasteiger partial charge in [-0.2, -0.15) is 13.2 Å². The molecule has 3 rings (SSSR count). The highest BCUT2D eigenvalue weighted by molar-refractivity contribution is 5.94. The Morgan fingerprint density at radius 2 is 1.96 bits per heavy atom. The average Bonchev–Trinajstić information content (AvgIpc) is 2.85. The number of nitrogens with zero attached hydrogens (tertiary/aromatic N) is 1. The summed E-state index contributed by atoms with van der Waals surface area (Å²) < 4.78 is 38.7. The Morgan fingerprint density at radius 1 is 1.22 bits per heavy atom. The van der Waals surface area contributed by atoms with Crippen LogP contribution in [0.4, 0.5) is 23.7 Å². The van der Waals surface area contributed by atoms with Crippen LogP contribution in [0.2, 0.25) is 0 Å². The minimum Gasteiger partial charge on any atom is -0.508 e. The van der Waals surface area contributed by atoms with Gasteiger partial charge < -0.3 is 10.8 Å². The smallest absolute Gasteiger partial charge is 0.416 e. The predicted octanol–water partition coefficient (Wildman–Crippen LogP) is 3.44. The molecule has 120 valence electrons. The summed E-state index contributed by atoms with van der Waals surface area (Å²) in [4.78, 5) is 12.8. The van der Waals surface area contributed by atoms with E-state index in [-0.39, 0.29) is 12.3 Å². The number of alkyl halides is 3. The van der Waals surface area contributed by atoms with Crippen LogP contribution in [0, 0.1) is 0 Å². The maximum Gasteiger partial charge on any atom is 0.416 e. The molecular formula is C16H13F3N2O2. The SMILES string of the molecule is NC(=O)N1CC(c2cccc(C(F)(F)F)c2)c2cc(O)ccc21. The normalized spacial score (nSPS) is 17.2. The average molecular weight is 322 g/mol. The molecule has 0 bridgehead atoms. The number of carbonyl (C=O) groups excluding carboxylic acids is 1. The summed E-state index contributed by atoms with van der Waals surface area (Å²) in [7, 11) is 0. The molecule has 1 heterocycles. The highest BCUT2D eigenvalue weighted by atomic mass is 19.4. The molecule has 0 fully saturated rings. The minimum atomic E-state index is -4.44. The Bertz CT molecular complexity index is 774. The molecule has 0 aliphatic carbocycles. The van der Waals surface area contributed by atoms with E-state index in [2.05, 4.69) is 0 Å². The molecule has 1 unspecified atom stereocenters. The number of carbonyl (C=O) groups is 1. The third kappa shape index (κ3) is 2.69. The van der Waals surface area contributed by atoms with Gasteiger partial charge in [-0.05, 0) is 35.4 Å². The summed E-state index contributed by atoms with van der Waals surface area (Å²) >= 11 is 0. The molecular weight excluding hydrogens is 309 g/mol. The second-order valence-electron chi connectivity index (χ2n) is 5.37. The van der Waals surface area contributed by atoms with Crippen LogP contribution in [-0.4, -0.2) is 17.7 Å². The number of nitrogens with two attached hydrogens (primary N) is 1. The van der Waals surface area contributed by atoms with Crippen molar-refractivity contribution in [3.8, 4) is 5.75 Å². The number of aromatic hydroxyl groups is 1. The molecule has 7 heteroatoms. The van der Waals surface area contributed by atoms with Gasteiger partial charge in [0.1, 0.15) is 5.75 Å². The van der Waals surface area contributed by atoms with Crippen LogP contribution in [0.25, 0.3) is 0 Å². The van der Waals surface area contributed by atoms with E-state index in [1.807, 2.05) is 0 Å². The fourth-order valence-electron chi connectivity index (χ4n) is 2.87. The number of halogens is 3. The first-order valence-corrected chi connectivity index (χ1v) is 6.84. The predicted molar refractivity (Wildman–Crippen MR) is 78.3 cm³/mol. The van der Waals surface area contributed by atoms with E-state index in [4.69, 9.17) is 5.73 Å². The second-order valence-corrected chi connectivity index (χ2v) is 5.37. The Balaban J connectivity index is 2.08. The molecule has 3 N–H and O–H groups in total. The molecule has 2 amide bonds. The number of hydrogen-bond acceptors (Lipinski definition) is 2. The molecule has 1 atom stereocenters. The standard InChI is InChI=1S/C16H13F3N2O2/c17-16(18,19)10-3-1-2-9(6-10)13-8-21(15(20)23)14-5-4-11(22)7-12(13)14/h1-7,13,22H,8H2,(H2,20,23). The Morgan fingerprint density at radius 3 is 2.61 bits per heavy atom. The summed E-state index contributed by atoms with van der Waals surface area (Å²) in [6, 6.07) is 8.64. The van der Waals surface area contributed by atoms with Crippen LogP contribution >= 0.6 is 0 Å². The van der Waals surface area contributed by atoms with Gasteiger partial charge in [-0.25, -0.2) is 4.79 Å². The summed E-state index contributed by atoms with van der Waals surface area (Å²) in [6.45, 7) is 0.134. The molecule has 0 spiro atoms. The molecule has 0 aromatic heterocycles. The van der Waals surface area contributed by atoms with Crippen LogP contribution in [0.5, 0.6) is 5.75 Å². The highest BCUT2D eigenvalue weighted by Crippen LogP contribution is 2.42. The molecule has 23 heavy (non-hydrogen) atoms. The van der Waals surface area contributed by atoms with Crippen molar-refractivity contribution in [2.24, 2.45) is 5.73 Å². The van der Waals surface area contributed by atoms with Crippen molar-refractivity contribution in [3.05, 3.63) is 59.2 Å². The third-order valence-electron chi connectivity index (χ3n) is 3.92. The van der Waals surface area contributed by atoms with Crippen molar-refractivity contribution >= 4 is 11.7 Å². The van der Waals surface area contributed by atoms with Crippen molar-refractivity contribution in [1.29, 1.82) is 0 Å². The zero-order valence-corrected chi connectivity index (χ0v) is 11.8. The maximum absolute atomic E-state index is 12.9. The van der Waals surface area contributed by atoms with Crippen LogP contribution < -0.4 is 10.6 Å². The fourth-order valence-corrected chi connectivity index (χ4v) is 2.87. The minimum absolute atomic E-state index is 0.0213. The van der Waals surface area contributed by atoms with Gasteiger partial charge in [0, 0.05) is 18.2 Å². The van der Waals surface area contributed by atoms with E-state index < -0.39 is 23.7 Å². The number of phenols is 1. The first kappa shape index (κ1) is 15.2. The van der Waals surface area contributed by atoms with E-state index >= 15 is 0 Å². The lowest BCUT2D eigenvalue weighted by atomic mass is 9.92.